The fourth-order valence-corrected chi connectivity index (χ4v) is 5.15. The van der Waals surface area contributed by atoms with E-state index in [9.17, 15) is 4.79 Å². The Kier molecular flexibility index (Phi) is 14.1. The summed E-state index contributed by atoms with van der Waals surface area (Å²) in [5.41, 5.74) is 4.66. The number of carbonyl (C=O) groups is 1. The number of amides is 1. The Balaban J connectivity index is 0.000000239. The number of aryl methyl sites for hydroxylation is 2. The molecule has 4 rings (SSSR count). The first-order valence-corrected chi connectivity index (χ1v) is 15.6. The van der Waals surface area contributed by atoms with Crippen molar-refractivity contribution < 1.29 is 19.0 Å². The maximum atomic E-state index is 12.0. The minimum absolute atomic E-state index is 0.184. The first-order valence-electron chi connectivity index (χ1n) is 15.6. The number of rotatable bonds is 10. The second-order valence-electron chi connectivity index (χ2n) is 12.8. The molecule has 2 heterocycles. The molecule has 0 atom stereocenters. The van der Waals surface area contributed by atoms with E-state index >= 15 is 0 Å². The molecule has 2 saturated heterocycles. The van der Waals surface area contributed by atoms with Gasteiger partial charge in [0.2, 0.25) is 0 Å². The minimum atomic E-state index is -0.419. The van der Waals surface area contributed by atoms with Crippen molar-refractivity contribution in [1.82, 2.24) is 10.2 Å². The van der Waals surface area contributed by atoms with Crippen molar-refractivity contribution in [2.24, 2.45) is 11.8 Å². The number of hydrogen-bond acceptors (Lipinski definition) is 5. The first-order chi connectivity index (χ1) is 19.7. The van der Waals surface area contributed by atoms with Crippen molar-refractivity contribution in [3.05, 3.63) is 70.8 Å². The molecule has 2 aromatic rings. The van der Waals surface area contributed by atoms with Crippen LogP contribution in [0.2, 0.25) is 0 Å². The van der Waals surface area contributed by atoms with Crippen molar-refractivity contribution >= 4 is 6.09 Å². The van der Waals surface area contributed by atoms with Crippen LogP contribution >= 0.6 is 0 Å². The lowest BCUT2D eigenvalue weighted by atomic mass is 9.94. The van der Waals surface area contributed by atoms with E-state index in [1.165, 1.54) is 54.6 Å². The lowest BCUT2D eigenvalue weighted by molar-refractivity contribution is 0.0164. The molecule has 0 bridgehead atoms. The zero-order chi connectivity index (χ0) is 29.5. The van der Waals surface area contributed by atoms with Crippen molar-refractivity contribution in [3.8, 4) is 0 Å². The van der Waals surface area contributed by atoms with E-state index in [2.05, 4.69) is 67.7 Å². The zero-order valence-electron chi connectivity index (χ0n) is 26.3. The monoisotopic (exact) mass is 566 g/mol. The molecule has 6 heteroatoms. The highest BCUT2D eigenvalue weighted by molar-refractivity contribution is 5.68. The molecule has 41 heavy (non-hydrogen) atoms. The molecule has 6 nitrogen and oxygen atoms in total. The number of hydrogen-bond donors (Lipinski definition) is 1. The number of carbonyl (C=O) groups excluding carboxylic acids is 1. The summed E-state index contributed by atoms with van der Waals surface area (Å²) in [6, 6.07) is 17.1. The fraction of sp³-hybridized carbons (Fsp3) is 0.629. The zero-order valence-corrected chi connectivity index (χ0v) is 26.3. The molecule has 2 aliphatic heterocycles. The number of nitrogens with one attached hydrogen (secondary N) is 1. The van der Waals surface area contributed by atoms with Crippen molar-refractivity contribution in [1.29, 1.82) is 0 Å². The molecule has 2 aromatic carbocycles. The smallest absolute Gasteiger partial charge is 0.410 e. The average molecular weight is 567 g/mol. The highest BCUT2D eigenvalue weighted by Gasteiger charge is 2.26. The third kappa shape index (κ3) is 13.9. The number of likely N-dealkylation sites (tertiary alicyclic amines) is 1. The van der Waals surface area contributed by atoms with Crippen LogP contribution in [0, 0.1) is 25.7 Å². The van der Waals surface area contributed by atoms with Crippen LogP contribution in [0.1, 0.15) is 81.5 Å². The van der Waals surface area contributed by atoms with Gasteiger partial charge in [-0.05, 0) is 109 Å². The lowest BCUT2D eigenvalue weighted by Crippen LogP contribution is -2.41. The Hall–Kier alpha value is -2.41. The van der Waals surface area contributed by atoms with E-state index in [0.29, 0.717) is 12.5 Å². The van der Waals surface area contributed by atoms with E-state index in [1.54, 1.807) is 0 Å². The molecular weight excluding hydrogens is 512 g/mol. The van der Waals surface area contributed by atoms with Gasteiger partial charge in [0.15, 0.2) is 0 Å². The van der Waals surface area contributed by atoms with E-state index in [1.807, 2.05) is 25.7 Å². The quantitative estimate of drug-likeness (QED) is 0.303. The van der Waals surface area contributed by atoms with Crippen LogP contribution in [0.3, 0.4) is 0 Å². The summed E-state index contributed by atoms with van der Waals surface area (Å²) in [5.74, 6) is 1.51. The third-order valence-corrected chi connectivity index (χ3v) is 7.84. The van der Waals surface area contributed by atoms with E-state index < -0.39 is 5.60 Å². The van der Waals surface area contributed by atoms with Crippen LogP contribution in [0.4, 0.5) is 4.79 Å². The van der Waals surface area contributed by atoms with Crippen molar-refractivity contribution in [3.63, 3.8) is 0 Å². The van der Waals surface area contributed by atoms with E-state index in [4.69, 9.17) is 14.2 Å². The summed E-state index contributed by atoms with van der Waals surface area (Å²) in [6.45, 7) is 17.0. The third-order valence-electron chi connectivity index (χ3n) is 7.84. The van der Waals surface area contributed by atoms with Gasteiger partial charge in [-0.2, -0.15) is 0 Å². The lowest BCUT2D eigenvalue weighted by Gasteiger charge is -2.33. The molecule has 0 aliphatic carbocycles. The van der Waals surface area contributed by atoms with Crippen LogP contribution in [0.15, 0.2) is 48.5 Å². The van der Waals surface area contributed by atoms with Gasteiger partial charge in [0, 0.05) is 26.3 Å². The maximum Gasteiger partial charge on any atom is 0.410 e. The molecule has 228 valence electrons. The molecule has 1 amide bonds. The average Bonchev–Trinajstić information content (AvgIpc) is 2.96. The molecule has 2 fully saturated rings. The Bertz CT molecular complexity index is 986. The van der Waals surface area contributed by atoms with Gasteiger partial charge in [-0.25, -0.2) is 4.79 Å². The molecule has 2 aliphatic rings. The second-order valence-corrected chi connectivity index (χ2v) is 12.8. The molecule has 0 aromatic heterocycles. The Morgan fingerprint density at radius 3 is 1.63 bits per heavy atom. The maximum absolute atomic E-state index is 12.0. The standard InChI is InChI=1S/C20H31NO3.C15H23NO/c1-16-5-7-18(8-6-16)15-23-14-11-17-9-12-21(13-10-17)19(22)24-20(2,3)4;1-13-2-4-15(5-3-13)12-17-11-8-14-6-9-16-10-7-14/h5-8,17H,9-15H2,1-4H3;2-5,14,16H,6-12H2,1H3. The summed E-state index contributed by atoms with van der Waals surface area (Å²) in [7, 11) is 0. The molecule has 0 radical (unpaired) electrons. The van der Waals surface area contributed by atoms with Crippen LogP contribution in [0.25, 0.3) is 0 Å². The van der Waals surface area contributed by atoms with Gasteiger partial charge in [-0.15, -0.1) is 0 Å². The van der Waals surface area contributed by atoms with Crippen molar-refractivity contribution in [2.75, 3.05) is 39.4 Å². The number of nitrogens with zero attached hydrogens (tertiary/aromatic N) is 1. The molecule has 0 spiro atoms. The molecule has 0 unspecified atom stereocenters. The Labute approximate surface area is 249 Å². The first kappa shape index (κ1) is 33.1. The van der Waals surface area contributed by atoms with Crippen LogP contribution in [-0.4, -0.2) is 56.0 Å². The molecule has 1 N–H and O–H groups in total. The van der Waals surface area contributed by atoms with E-state index in [0.717, 1.165) is 58.1 Å². The highest BCUT2D eigenvalue weighted by atomic mass is 16.6. The SMILES string of the molecule is Cc1ccc(COCCC2CCN(C(=O)OC(C)(C)C)CC2)cc1.Cc1ccc(COCCC2CCNCC2)cc1. The van der Waals surface area contributed by atoms with Gasteiger partial charge >= 0.3 is 6.09 Å². The van der Waals surface area contributed by atoms with Crippen LogP contribution in [0.5, 0.6) is 0 Å². The number of ether oxygens (including phenoxy) is 3. The predicted molar refractivity (Wildman–Crippen MR) is 167 cm³/mol. The molecule has 0 saturated carbocycles. The summed E-state index contributed by atoms with van der Waals surface area (Å²) in [5, 5.41) is 3.40. The van der Waals surface area contributed by atoms with E-state index in [-0.39, 0.29) is 6.09 Å². The minimum Gasteiger partial charge on any atom is -0.444 e. The second kappa shape index (κ2) is 17.5. The van der Waals surface area contributed by atoms with Gasteiger partial charge in [-0.1, -0.05) is 59.7 Å². The van der Waals surface area contributed by atoms with Gasteiger partial charge in [0.05, 0.1) is 13.2 Å². The Morgan fingerprint density at radius 2 is 1.20 bits per heavy atom. The summed E-state index contributed by atoms with van der Waals surface area (Å²) in [4.78, 5) is 13.9. The van der Waals surface area contributed by atoms with Gasteiger partial charge in [0.1, 0.15) is 5.60 Å². The molecular formula is C35H54N2O4. The van der Waals surface area contributed by atoms with Gasteiger partial charge in [0.25, 0.3) is 0 Å². The highest BCUT2D eigenvalue weighted by Crippen LogP contribution is 2.22. The Morgan fingerprint density at radius 1 is 0.756 bits per heavy atom. The van der Waals surface area contributed by atoms with Gasteiger partial charge in [-0.3, -0.25) is 0 Å². The number of piperidine rings is 2. The number of benzene rings is 2. The van der Waals surface area contributed by atoms with Crippen molar-refractivity contribution in [2.45, 2.75) is 92.0 Å². The van der Waals surface area contributed by atoms with Crippen LogP contribution < -0.4 is 5.32 Å². The predicted octanol–water partition coefficient (Wildman–Crippen LogP) is 7.45. The summed E-state index contributed by atoms with van der Waals surface area (Å²) >= 11 is 0. The fourth-order valence-electron chi connectivity index (χ4n) is 5.15. The summed E-state index contributed by atoms with van der Waals surface area (Å²) in [6.07, 6.45) is 6.79. The van der Waals surface area contributed by atoms with Crippen LogP contribution in [-0.2, 0) is 27.4 Å². The van der Waals surface area contributed by atoms with Gasteiger partial charge < -0.3 is 24.4 Å². The normalized spacial score (nSPS) is 16.7. The largest absolute Gasteiger partial charge is 0.444 e. The topological polar surface area (TPSA) is 60.0 Å². The summed E-state index contributed by atoms with van der Waals surface area (Å²) < 4.78 is 17.0.